The number of rotatable bonds is 2. The van der Waals surface area contributed by atoms with Crippen LogP contribution in [0.2, 0.25) is 0 Å². The SMILES string of the molecule is O=S(=O)(c1ncccc1F)N1CCC2CCCCC2C1. The normalized spacial score (nSPS) is 28.1. The van der Waals surface area contributed by atoms with Gasteiger partial charge < -0.3 is 0 Å². The minimum atomic E-state index is -3.80. The van der Waals surface area contributed by atoms with E-state index in [1.54, 1.807) is 0 Å². The predicted octanol–water partition coefficient (Wildman–Crippen LogP) is 2.42. The average molecular weight is 298 g/mol. The van der Waals surface area contributed by atoms with Crippen LogP contribution in [0.4, 0.5) is 4.39 Å². The molecule has 2 heterocycles. The summed E-state index contributed by atoms with van der Waals surface area (Å²) >= 11 is 0. The number of halogens is 1. The minimum absolute atomic E-state index is 0.430. The van der Waals surface area contributed by atoms with Crippen molar-refractivity contribution in [2.24, 2.45) is 11.8 Å². The van der Waals surface area contributed by atoms with Gasteiger partial charge in [-0.15, -0.1) is 0 Å². The van der Waals surface area contributed by atoms with Crippen LogP contribution in [0, 0.1) is 17.7 Å². The van der Waals surface area contributed by atoms with Gasteiger partial charge in [0.1, 0.15) is 0 Å². The van der Waals surface area contributed by atoms with E-state index in [4.69, 9.17) is 0 Å². The highest BCUT2D eigenvalue weighted by molar-refractivity contribution is 7.89. The van der Waals surface area contributed by atoms with Gasteiger partial charge in [-0.25, -0.2) is 17.8 Å². The quantitative estimate of drug-likeness (QED) is 0.842. The number of hydrogen-bond donors (Lipinski definition) is 0. The fourth-order valence-corrected chi connectivity index (χ4v) is 4.96. The number of aromatic nitrogens is 1. The Kier molecular flexibility index (Phi) is 3.77. The van der Waals surface area contributed by atoms with E-state index in [0.29, 0.717) is 24.9 Å². The highest BCUT2D eigenvalue weighted by atomic mass is 32.2. The molecule has 0 amide bonds. The average Bonchev–Trinajstić information content (AvgIpc) is 2.47. The van der Waals surface area contributed by atoms with Gasteiger partial charge in [0.25, 0.3) is 10.0 Å². The number of fused-ring (bicyclic) bond motifs is 1. The van der Waals surface area contributed by atoms with Crippen LogP contribution < -0.4 is 0 Å². The van der Waals surface area contributed by atoms with Gasteiger partial charge in [0, 0.05) is 19.3 Å². The van der Waals surface area contributed by atoms with Gasteiger partial charge in [-0.05, 0) is 36.8 Å². The van der Waals surface area contributed by atoms with Crippen molar-refractivity contribution in [3.63, 3.8) is 0 Å². The predicted molar refractivity (Wildman–Crippen MR) is 73.0 cm³/mol. The molecule has 3 rings (SSSR count). The molecule has 0 bridgehead atoms. The molecule has 1 aliphatic carbocycles. The standard InChI is InChI=1S/C14H19FN2O2S/c15-13-6-3-8-16-14(13)20(18,19)17-9-7-11-4-1-2-5-12(11)10-17/h3,6,8,11-12H,1-2,4-5,7,9-10H2. The molecule has 0 radical (unpaired) electrons. The van der Waals surface area contributed by atoms with Gasteiger partial charge >= 0.3 is 0 Å². The van der Waals surface area contributed by atoms with Crippen molar-refractivity contribution in [1.29, 1.82) is 0 Å². The Labute approximate surface area is 119 Å². The minimum Gasteiger partial charge on any atom is -0.241 e. The Morgan fingerprint density at radius 1 is 1.20 bits per heavy atom. The zero-order valence-corrected chi connectivity index (χ0v) is 12.2. The summed E-state index contributed by atoms with van der Waals surface area (Å²) in [5.41, 5.74) is 0. The van der Waals surface area contributed by atoms with Crippen LogP contribution in [0.5, 0.6) is 0 Å². The van der Waals surface area contributed by atoms with E-state index in [1.807, 2.05) is 0 Å². The zero-order valence-electron chi connectivity index (χ0n) is 11.3. The number of piperidine rings is 1. The highest BCUT2D eigenvalue weighted by Gasteiger charge is 2.37. The second-order valence-electron chi connectivity index (χ2n) is 5.75. The number of sulfonamides is 1. The molecule has 2 atom stereocenters. The molecule has 2 fully saturated rings. The lowest BCUT2D eigenvalue weighted by atomic mass is 9.76. The number of pyridine rings is 1. The molecule has 1 aliphatic heterocycles. The van der Waals surface area contributed by atoms with Crippen molar-refractivity contribution < 1.29 is 12.8 Å². The highest BCUT2D eigenvalue weighted by Crippen LogP contribution is 2.37. The molecule has 1 saturated carbocycles. The van der Waals surface area contributed by atoms with E-state index in [1.165, 1.54) is 35.8 Å². The molecule has 0 aromatic carbocycles. The molecule has 1 saturated heterocycles. The van der Waals surface area contributed by atoms with Gasteiger partial charge in [-0.1, -0.05) is 19.3 Å². The summed E-state index contributed by atoms with van der Waals surface area (Å²) in [4.78, 5) is 3.72. The van der Waals surface area contributed by atoms with E-state index >= 15 is 0 Å². The van der Waals surface area contributed by atoms with Gasteiger partial charge in [-0.3, -0.25) is 0 Å². The Hall–Kier alpha value is -1.01. The van der Waals surface area contributed by atoms with Crippen LogP contribution in [0.15, 0.2) is 23.4 Å². The van der Waals surface area contributed by atoms with Gasteiger partial charge in [-0.2, -0.15) is 4.31 Å². The summed E-state index contributed by atoms with van der Waals surface area (Å²) < 4.78 is 40.1. The molecule has 0 N–H and O–H groups in total. The van der Waals surface area contributed by atoms with Crippen molar-refractivity contribution in [3.05, 3.63) is 24.1 Å². The maximum atomic E-state index is 13.7. The van der Waals surface area contributed by atoms with E-state index < -0.39 is 20.9 Å². The molecule has 2 unspecified atom stereocenters. The van der Waals surface area contributed by atoms with Crippen LogP contribution in [0.3, 0.4) is 0 Å². The third kappa shape index (κ3) is 2.46. The van der Waals surface area contributed by atoms with Crippen molar-refractivity contribution in [1.82, 2.24) is 9.29 Å². The largest absolute Gasteiger partial charge is 0.263 e. The van der Waals surface area contributed by atoms with Crippen molar-refractivity contribution >= 4 is 10.0 Å². The molecule has 6 heteroatoms. The van der Waals surface area contributed by atoms with Gasteiger partial charge in [0.15, 0.2) is 5.82 Å². The topological polar surface area (TPSA) is 50.3 Å². The summed E-state index contributed by atoms with van der Waals surface area (Å²) in [5.74, 6) is 0.307. The third-order valence-corrected chi connectivity index (χ3v) is 6.36. The molecule has 110 valence electrons. The Morgan fingerprint density at radius 3 is 2.70 bits per heavy atom. The van der Waals surface area contributed by atoms with Crippen molar-refractivity contribution in [3.8, 4) is 0 Å². The molecule has 2 aliphatic rings. The van der Waals surface area contributed by atoms with Crippen LogP contribution in [-0.4, -0.2) is 30.8 Å². The Bertz CT molecular complexity index is 591. The second kappa shape index (κ2) is 5.41. The maximum Gasteiger partial charge on any atom is 0.263 e. The van der Waals surface area contributed by atoms with E-state index in [9.17, 15) is 12.8 Å². The first-order chi connectivity index (χ1) is 9.59. The van der Waals surface area contributed by atoms with Crippen LogP contribution in [0.25, 0.3) is 0 Å². The molecule has 20 heavy (non-hydrogen) atoms. The van der Waals surface area contributed by atoms with Gasteiger partial charge in [0.2, 0.25) is 5.03 Å². The maximum absolute atomic E-state index is 13.7. The van der Waals surface area contributed by atoms with E-state index in [2.05, 4.69) is 4.98 Å². The molecular formula is C14H19FN2O2S. The molecule has 1 aromatic rings. The van der Waals surface area contributed by atoms with Gasteiger partial charge in [0.05, 0.1) is 0 Å². The van der Waals surface area contributed by atoms with Crippen LogP contribution in [-0.2, 0) is 10.0 Å². The Morgan fingerprint density at radius 2 is 1.95 bits per heavy atom. The zero-order chi connectivity index (χ0) is 14.2. The second-order valence-corrected chi connectivity index (χ2v) is 7.60. The van der Waals surface area contributed by atoms with Crippen LogP contribution in [0.1, 0.15) is 32.1 Å². The van der Waals surface area contributed by atoms with Crippen molar-refractivity contribution in [2.45, 2.75) is 37.1 Å². The van der Waals surface area contributed by atoms with E-state index in [-0.39, 0.29) is 0 Å². The third-order valence-electron chi connectivity index (χ3n) is 4.56. The summed E-state index contributed by atoms with van der Waals surface area (Å²) in [5, 5.41) is -0.436. The van der Waals surface area contributed by atoms with Crippen LogP contribution >= 0.6 is 0 Å². The fraction of sp³-hybridized carbons (Fsp3) is 0.643. The first-order valence-electron chi connectivity index (χ1n) is 7.19. The first-order valence-corrected chi connectivity index (χ1v) is 8.64. The van der Waals surface area contributed by atoms with Crippen molar-refractivity contribution in [2.75, 3.05) is 13.1 Å². The Balaban J connectivity index is 1.84. The monoisotopic (exact) mass is 298 g/mol. The summed E-state index contributed by atoms with van der Waals surface area (Å²) in [6.07, 6.45) is 6.93. The molecule has 4 nitrogen and oxygen atoms in total. The number of hydrogen-bond acceptors (Lipinski definition) is 3. The molecular weight excluding hydrogens is 279 g/mol. The first kappa shape index (κ1) is 13.9. The summed E-state index contributed by atoms with van der Waals surface area (Å²) in [6, 6.07) is 2.55. The lowest BCUT2D eigenvalue weighted by molar-refractivity contribution is 0.136. The lowest BCUT2D eigenvalue weighted by Crippen LogP contribution is -2.45. The molecule has 0 spiro atoms. The van der Waals surface area contributed by atoms with E-state index in [0.717, 1.165) is 18.9 Å². The summed E-state index contributed by atoms with van der Waals surface area (Å²) in [6.45, 7) is 1.00. The fourth-order valence-electron chi connectivity index (χ4n) is 3.47. The lowest BCUT2D eigenvalue weighted by Gasteiger charge is -2.40. The summed E-state index contributed by atoms with van der Waals surface area (Å²) in [7, 11) is -3.80. The number of nitrogens with zero attached hydrogens (tertiary/aromatic N) is 2. The molecule has 1 aromatic heterocycles. The smallest absolute Gasteiger partial charge is 0.241 e.